The number of rotatable bonds is 28. The lowest BCUT2D eigenvalue weighted by atomic mass is 10.1. The Morgan fingerprint density at radius 3 is 1.74 bits per heavy atom. The van der Waals surface area contributed by atoms with Crippen LogP contribution in [0.25, 0.3) is 0 Å². The number of aryl methyl sites for hydroxylation is 1. The van der Waals surface area contributed by atoms with E-state index in [2.05, 4.69) is 52.1 Å². The number of nitrogens with one attached hydrogen (secondary N) is 4. The van der Waals surface area contributed by atoms with E-state index < -0.39 is 0 Å². The van der Waals surface area contributed by atoms with Crippen LogP contribution in [0.2, 0.25) is 0 Å². The Morgan fingerprint density at radius 2 is 1.28 bits per heavy atom. The molecule has 1 aromatic carbocycles. The van der Waals surface area contributed by atoms with Gasteiger partial charge in [-0.2, -0.15) is 0 Å². The number of ether oxygens (including phenoxy) is 1. The highest BCUT2D eigenvalue weighted by Crippen LogP contribution is 2.14. The summed E-state index contributed by atoms with van der Waals surface area (Å²) in [5, 5.41) is 12.5. The second-order valence-corrected chi connectivity index (χ2v) is 11.5. The number of hydrogen-bond acceptors (Lipinski definition) is 7. The topological polar surface area (TPSA) is 121 Å². The van der Waals surface area contributed by atoms with Crippen LogP contribution in [0.3, 0.4) is 0 Å². The molecule has 248 valence electrons. The third kappa shape index (κ3) is 18.9. The van der Waals surface area contributed by atoms with Gasteiger partial charge >= 0.3 is 0 Å². The largest absolute Gasteiger partial charge is 0.492 e. The summed E-state index contributed by atoms with van der Waals surface area (Å²) in [4.78, 5) is 27.6. The number of carbonyl (C=O) groups is 2. The van der Waals surface area contributed by atoms with Gasteiger partial charge in [0.1, 0.15) is 12.4 Å². The molecule has 0 aliphatic rings. The Morgan fingerprint density at radius 1 is 0.744 bits per heavy atom. The van der Waals surface area contributed by atoms with Crippen LogP contribution in [0, 0.1) is 0 Å². The van der Waals surface area contributed by atoms with Crippen molar-refractivity contribution in [3.8, 4) is 5.75 Å². The van der Waals surface area contributed by atoms with Gasteiger partial charge in [0.15, 0.2) is 0 Å². The molecular formula is C34H64N6O3. The molecule has 0 aromatic heterocycles. The average Bonchev–Trinajstić information content (AvgIpc) is 3.02. The molecule has 0 fully saturated rings. The minimum Gasteiger partial charge on any atom is -0.492 e. The summed E-state index contributed by atoms with van der Waals surface area (Å²) in [6.45, 7) is 9.46. The van der Waals surface area contributed by atoms with Gasteiger partial charge in [0.25, 0.3) is 0 Å². The first kappa shape index (κ1) is 38.8. The predicted molar refractivity (Wildman–Crippen MR) is 180 cm³/mol. The fourth-order valence-corrected chi connectivity index (χ4v) is 5.14. The van der Waals surface area contributed by atoms with Gasteiger partial charge in [0, 0.05) is 19.6 Å². The summed E-state index contributed by atoms with van der Waals surface area (Å²) in [5.74, 6) is 1.05. The molecule has 0 aliphatic heterocycles. The quantitative estimate of drug-likeness (QED) is 0.0918. The SMILES string of the molecule is CCCCC[C@H](NC)C(=O)NCCCN(CCCNC(=O)[C@H](CCCCC)NC)CCOc1ccc(CCCCN)cc1. The van der Waals surface area contributed by atoms with E-state index in [-0.39, 0.29) is 23.9 Å². The molecule has 2 amide bonds. The number of nitrogens with two attached hydrogens (primary N) is 1. The lowest BCUT2D eigenvalue weighted by Crippen LogP contribution is -2.44. The number of unbranched alkanes of at least 4 members (excludes halogenated alkanes) is 5. The van der Waals surface area contributed by atoms with Gasteiger partial charge in [-0.1, -0.05) is 64.5 Å². The molecule has 0 saturated heterocycles. The molecule has 0 radical (unpaired) electrons. The zero-order valence-corrected chi connectivity index (χ0v) is 27.9. The van der Waals surface area contributed by atoms with Crippen molar-refractivity contribution in [3.05, 3.63) is 29.8 Å². The normalized spacial score (nSPS) is 12.7. The highest BCUT2D eigenvalue weighted by Gasteiger charge is 2.16. The van der Waals surface area contributed by atoms with Crippen molar-refractivity contribution < 1.29 is 14.3 Å². The number of likely N-dealkylation sites (N-methyl/N-ethyl adjacent to an activating group) is 2. The van der Waals surface area contributed by atoms with Crippen LogP contribution >= 0.6 is 0 Å². The highest BCUT2D eigenvalue weighted by molar-refractivity contribution is 5.82. The molecule has 6 N–H and O–H groups in total. The Labute approximate surface area is 262 Å². The molecule has 0 bridgehead atoms. The van der Waals surface area contributed by atoms with Gasteiger partial charge < -0.3 is 31.7 Å². The lowest BCUT2D eigenvalue weighted by molar-refractivity contribution is -0.124. The van der Waals surface area contributed by atoms with Crippen molar-refractivity contribution in [1.82, 2.24) is 26.2 Å². The monoisotopic (exact) mass is 605 g/mol. The van der Waals surface area contributed by atoms with Crippen molar-refractivity contribution >= 4 is 11.8 Å². The third-order valence-corrected chi connectivity index (χ3v) is 7.94. The fraction of sp³-hybridized carbons (Fsp3) is 0.765. The number of nitrogens with zero attached hydrogens (tertiary/aromatic N) is 1. The van der Waals surface area contributed by atoms with Gasteiger partial charge in [-0.05, 0) is 96.4 Å². The number of hydrogen-bond donors (Lipinski definition) is 5. The van der Waals surface area contributed by atoms with Crippen LogP contribution < -0.4 is 31.7 Å². The smallest absolute Gasteiger partial charge is 0.237 e. The van der Waals surface area contributed by atoms with Crippen LogP contribution in [0.1, 0.15) is 96.5 Å². The van der Waals surface area contributed by atoms with E-state index in [0.717, 1.165) is 115 Å². The lowest BCUT2D eigenvalue weighted by Gasteiger charge is -2.23. The Balaban J connectivity index is 2.54. The maximum Gasteiger partial charge on any atom is 0.237 e. The first-order valence-corrected chi connectivity index (χ1v) is 17.0. The maximum absolute atomic E-state index is 12.6. The van der Waals surface area contributed by atoms with Crippen molar-refractivity contribution in [3.63, 3.8) is 0 Å². The van der Waals surface area contributed by atoms with Crippen LogP contribution in [0.5, 0.6) is 5.75 Å². The first-order chi connectivity index (χ1) is 21.0. The maximum atomic E-state index is 12.6. The van der Waals surface area contributed by atoms with E-state index in [4.69, 9.17) is 10.5 Å². The molecule has 0 aliphatic carbocycles. The second-order valence-electron chi connectivity index (χ2n) is 11.5. The van der Waals surface area contributed by atoms with Gasteiger partial charge in [0.2, 0.25) is 11.8 Å². The van der Waals surface area contributed by atoms with Crippen molar-refractivity contribution in [2.45, 2.75) is 109 Å². The van der Waals surface area contributed by atoms with Crippen LogP contribution in [0.15, 0.2) is 24.3 Å². The average molecular weight is 605 g/mol. The molecule has 1 rings (SSSR count). The first-order valence-electron chi connectivity index (χ1n) is 17.0. The molecule has 0 spiro atoms. The third-order valence-electron chi connectivity index (χ3n) is 7.94. The minimum atomic E-state index is -0.130. The van der Waals surface area contributed by atoms with E-state index in [0.29, 0.717) is 19.7 Å². The molecule has 9 heteroatoms. The molecule has 9 nitrogen and oxygen atoms in total. The van der Waals surface area contributed by atoms with E-state index >= 15 is 0 Å². The number of benzene rings is 1. The van der Waals surface area contributed by atoms with Crippen LogP contribution in [0.4, 0.5) is 0 Å². The molecule has 0 heterocycles. The summed E-state index contributed by atoms with van der Waals surface area (Å²) in [6.07, 6.45) is 13.4. The van der Waals surface area contributed by atoms with Gasteiger partial charge in [0.05, 0.1) is 12.1 Å². The van der Waals surface area contributed by atoms with Crippen LogP contribution in [-0.4, -0.2) is 88.8 Å². The van der Waals surface area contributed by atoms with Crippen molar-refractivity contribution in [2.24, 2.45) is 5.73 Å². The van der Waals surface area contributed by atoms with Crippen LogP contribution in [-0.2, 0) is 16.0 Å². The van der Waals surface area contributed by atoms with E-state index in [1.54, 1.807) is 0 Å². The zero-order chi connectivity index (χ0) is 31.5. The zero-order valence-electron chi connectivity index (χ0n) is 27.9. The minimum absolute atomic E-state index is 0.0840. The summed E-state index contributed by atoms with van der Waals surface area (Å²) in [6, 6.07) is 8.10. The molecule has 0 unspecified atom stereocenters. The molecule has 43 heavy (non-hydrogen) atoms. The molecule has 1 aromatic rings. The Bertz CT molecular complexity index is 785. The number of carbonyl (C=O) groups excluding carboxylic acids is 2. The predicted octanol–water partition coefficient (Wildman–Crippen LogP) is 4.00. The van der Waals surface area contributed by atoms with Crippen molar-refractivity contribution in [1.29, 1.82) is 0 Å². The molecule has 0 saturated carbocycles. The van der Waals surface area contributed by atoms with E-state index in [1.165, 1.54) is 5.56 Å². The van der Waals surface area contributed by atoms with Gasteiger partial charge in [-0.15, -0.1) is 0 Å². The van der Waals surface area contributed by atoms with E-state index in [1.807, 2.05) is 26.2 Å². The highest BCUT2D eigenvalue weighted by atomic mass is 16.5. The fourth-order valence-electron chi connectivity index (χ4n) is 5.14. The summed E-state index contributed by atoms with van der Waals surface area (Å²) in [7, 11) is 3.71. The second kappa shape index (κ2) is 26.2. The van der Waals surface area contributed by atoms with Gasteiger partial charge in [-0.25, -0.2) is 0 Å². The summed E-state index contributed by atoms with van der Waals surface area (Å²) < 4.78 is 6.07. The standard InChI is InChI=1S/C34H64N6O3/c1-5-7-9-16-31(36-3)33(41)38-23-13-25-40(26-14-24-39-34(42)32(37-4)17-10-8-6-2)27-28-43-30-20-18-29(19-21-30)15-11-12-22-35/h18-21,31-32,36-37H,5-17,22-28,35H2,1-4H3,(H,38,41)(H,39,42)/t31-,32-/m0/s1. The summed E-state index contributed by atoms with van der Waals surface area (Å²) >= 11 is 0. The Hall–Kier alpha value is -2.20. The molecule has 2 atom stereocenters. The molecular weight excluding hydrogens is 540 g/mol. The summed E-state index contributed by atoms with van der Waals surface area (Å²) in [5.41, 5.74) is 6.92. The van der Waals surface area contributed by atoms with Gasteiger partial charge in [-0.3, -0.25) is 14.5 Å². The Kier molecular flexibility index (Phi) is 23.7. The van der Waals surface area contributed by atoms with Crippen molar-refractivity contribution in [2.75, 3.05) is 60.0 Å². The van der Waals surface area contributed by atoms with E-state index in [9.17, 15) is 9.59 Å². The number of amides is 2.